The molecule has 1 unspecified atom stereocenters. The Kier molecular flexibility index (Phi) is 4.62. The van der Waals surface area contributed by atoms with Gasteiger partial charge in [-0.25, -0.2) is 0 Å². The highest BCUT2D eigenvalue weighted by atomic mass is 35.5. The van der Waals surface area contributed by atoms with Gasteiger partial charge in [0.05, 0.1) is 0 Å². The maximum atomic E-state index is 12.2. The van der Waals surface area contributed by atoms with Gasteiger partial charge in [0, 0.05) is 37.7 Å². The Bertz CT molecular complexity index is 523. The smallest absolute Gasteiger partial charge is 0.251 e. The first-order valence-electron chi connectivity index (χ1n) is 6.62. The van der Waals surface area contributed by atoms with Gasteiger partial charge < -0.3 is 16.0 Å². The third kappa shape index (κ3) is 3.11. The first-order chi connectivity index (χ1) is 9.22. The van der Waals surface area contributed by atoms with Crippen molar-refractivity contribution in [3.63, 3.8) is 0 Å². The number of carbonyl (C=O) groups is 2. The summed E-state index contributed by atoms with van der Waals surface area (Å²) in [4.78, 5) is 23.2. The van der Waals surface area contributed by atoms with Crippen molar-refractivity contribution < 1.29 is 9.59 Å². The second kappa shape index (κ2) is 6.24. The van der Waals surface area contributed by atoms with Crippen LogP contribution in [-0.2, 0) is 17.9 Å². The topological polar surface area (TPSA) is 70.2 Å². The Morgan fingerprint density at radius 2 is 2.05 bits per heavy atom. The van der Waals surface area contributed by atoms with Gasteiger partial charge in [-0.15, -0.1) is 12.4 Å². The number of carbonyl (C=O) groups excluding carboxylic acids is 2. The number of fused-ring (bicyclic) bond motifs is 1. The average Bonchev–Trinajstić information content (AvgIpc) is 2.88. The summed E-state index contributed by atoms with van der Waals surface area (Å²) >= 11 is 0. The molecule has 2 heterocycles. The van der Waals surface area contributed by atoms with Gasteiger partial charge in [0.25, 0.3) is 5.91 Å². The molecule has 1 aromatic rings. The van der Waals surface area contributed by atoms with Crippen molar-refractivity contribution in [3.05, 3.63) is 34.9 Å². The zero-order valence-corrected chi connectivity index (χ0v) is 11.9. The van der Waals surface area contributed by atoms with Gasteiger partial charge >= 0.3 is 0 Å². The van der Waals surface area contributed by atoms with E-state index in [0.29, 0.717) is 24.9 Å². The molecule has 108 valence electrons. The lowest BCUT2D eigenvalue weighted by Crippen LogP contribution is -2.47. The maximum Gasteiger partial charge on any atom is 0.251 e. The van der Waals surface area contributed by atoms with Crippen LogP contribution < -0.4 is 16.0 Å². The number of rotatable bonds is 2. The Labute approximate surface area is 123 Å². The molecule has 2 amide bonds. The predicted molar refractivity (Wildman–Crippen MR) is 77.7 cm³/mol. The molecule has 0 aliphatic carbocycles. The monoisotopic (exact) mass is 295 g/mol. The molecule has 1 atom stereocenters. The van der Waals surface area contributed by atoms with Crippen molar-refractivity contribution in [2.24, 2.45) is 0 Å². The van der Waals surface area contributed by atoms with E-state index >= 15 is 0 Å². The molecule has 0 bridgehead atoms. The molecule has 2 aliphatic rings. The molecule has 6 heteroatoms. The summed E-state index contributed by atoms with van der Waals surface area (Å²) in [5.41, 5.74) is 3.16. The van der Waals surface area contributed by atoms with Gasteiger partial charge in [-0.2, -0.15) is 0 Å². The molecule has 0 aromatic heterocycles. The molecule has 0 saturated carbocycles. The van der Waals surface area contributed by atoms with Crippen LogP contribution in [0.2, 0.25) is 0 Å². The second-order valence-corrected chi connectivity index (χ2v) is 5.10. The van der Waals surface area contributed by atoms with E-state index in [0.717, 1.165) is 13.1 Å². The molecule has 3 rings (SSSR count). The fraction of sp³-hybridized carbons (Fsp3) is 0.429. The molecule has 1 saturated heterocycles. The van der Waals surface area contributed by atoms with Crippen LogP contribution in [0, 0.1) is 0 Å². The largest absolute Gasteiger partial charge is 0.354 e. The standard InChI is InChI=1S/C14H17N3O2.ClH/c18-13-4-3-12(8-16-13)17-14(19)9-1-2-10-6-15-7-11(10)5-9;/h1-2,5,12,15H,3-4,6-8H2,(H,16,18)(H,17,19);1H. The molecule has 0 spiro atoms. The molecule has 20 heavy (non-hydrogen) atoms. The van der Waals surface area contributed by atoms with Crippen molar-refractivity contribution in [3.8, 4) is 0 Å². The first kappa shape index (κ1) is 14.8. The van der Waals surface area contributed by atoms with Crippen molar-refractivity contribution in [2.45, 2.75) is 32.0 Å². The number of hydrogen-bond acceptors (Lipinski definition) is 3. The van der Waals surface area contributed by atoms with E-state index in [1.54, 1.807) is 0 Å². The highest BCUT2D eigenvalue weighted by molar-refractivity contribution is 5.94. The van der Waals surface area contributed by atoms with Gasteiger partial charge in [-0.1, -0.05) is 6.07 Å². The van der Waals surface area contributed by atoms with Crippen molar-refractivity contribution in [2.75, 3.05) is 6.54 Å². The highest BCUT2D eigenvalue weighted by Crippen LogP contribution is 2.17. The number of piperidine rings is 1. The van der Waals surface area contributed by atoms with Crippen LogP contribution in [0.25, 0.3) is 0 Å². The number of halogens is 1. The fourth-order valence-corrected chi connectivity index (χ4v) is 2.56. The molecule has 2 aliphatic heterocycles. The number of amides is 2. The summed E-state index contributed by atoms with van der Waals surface area (Å²) in [6.07, 6.45) is 1.20. The lowest BCUT2D eigenvalue weighted by atomic mass is 10.0. The average molecular weight is 296 g/mol. The zero-order valence-electron chi connectivity index (χ0n) is 11.1. The van der Waals surface area contributed by atoms with Gasteiger partial charge in [0.15, 0.2) is 0 Å². The van der Waals surface area contributed by atoms with Crippen LogP contribution in [0.3, 0.4) is 0 Å². The molecule has 0 radical (unpaired) electrons. The highest BCUT2D eigenvalue weighted by Gasteiger charge is 2.21. The third-order valence-corrected chi connectivity index (χ3v) is 3.70. The Morgan fingerprint density at radius 3 is 2.80 bits per heavy atom. The maximum absolute atomic E-state index is 12.2. The summed E-state index contributed by atoms with van der Waals surface area (Å²) in [7, 11) is 0. The van der Waals surface area contributed by atoms with Gasteiger partial charge in [0.1, 0.15) is 0 Å². The SMILES string of the molecule is Cl.O=C1CCC(NC(=O)c2ccc3c(c2)CNC3)CN1. The molecule has 5 nitrogen and oxygen atoms in total. The lowest BCUT2D eigenvalue weighted by Gasteiger charge is -2.23. The van der Waals surface area contributed by atoms with Crippen LogP contribution in [-0.4, -0.2) is 24.4 Å². The normalized spacial score (nSPS) is 20.6. The van der Waals surface area contributed by atoms with Crippen LogP contribution in [0.5, 0.6) is 0 Å². The van der Waals surface area contributed by atoms with E-state index < -0.39 is 0 Å². The van der Waals surface area contributed by atoms with Crippen LogP contribution >= 0.6 is 12.4 Å². The van der Waals surface area contributed by atoms with Gasteiger partial charge in [0.2, 0.25) is 5.91 Å². The molecule has 1 aromatic carbocycles. The van der Waals surface area contributed by atoms with E-state index in [2.05, 4.69) is 16.0 Å². The van der Waals surface area contributed by atoms with E-state index in [1.807, 2.05) is 18.2 Å². The summed E-state index contributed by atoms with van der Waals surface area (Å²) in [6, 6.07) is 5.86. The van der Waals surface area contributed by atoms with E-state index in [-0.39, 0.29) is 30.3 Å². The predicted octanol–water partition coefficient (Wildman–Crippen LogP) is 0.720. The lowest BCUT2D eigenvalue weighted by molar-refractivity contribution is -0.122. The van der Waals surface area contributed by atoms with Gasteiger partial charge in [-0.3, -0.25) is 9.59 Å². The zero-order chi connectivity index (χ0) is 13.2. The number of nitrogens with one attached hydrogen (secondary N) is 3. The third-order valence-electron chi connectivity index (χ3n) is 3.70. The first-order valence-corrected chi connectivity index (χ1v) is 6.62. The Balaban J connectivity index is 0.00000147. The molecular formula is C14H18ClN3O2. The molecule has 1 fully saturated rings. The van der Waals surface area contributed by atoms with Crippen molar-refractivity contribution in [1.82, 2.24) is 16.0 Å². The summed E-state index contributed by atoms with van der Waals surface area (Å²) < 4.78 is 0. The minimum Gasteiger partial charge on any atom is -0.354 e. The summed E-state index contributed by atoms with van der Waals surface area (Å²) in [5, 5.41) is 9.00. The molecule has 3 N–H and O–H groups in total. The van der Waals surface area contributed by atoms with Crippen molar-refractivity contribution in [1.29, 1.82) is 0 Å². The van der Waals surface area contributed by atoms with Gasteiger partial charge in [-0.05, 0) is 29.7 Å². The second-order valence-electron chi connectivity index (χ2n) is 5.10. The van der Waals surface area contributed by atoms with E-state index in [9.17, 15) is 9.59 Å². The summed E-state index contributed by atoms with van der Waals surface area (Å²) in [6.45, 7) is 2.24. The number of benzene rings is 1. The quantitative estimate of drug-likeness (QED) is 0.753. The summed E-state index contributed by atoms with van der Waals surface area (Å²) in [5.74, 6) is 0.00459. The minimum absolute atomic E-state index is 0. The van der Waals surface area contributed by atoms with Crippen LogP contribution in [0.1, 0.15) is 34.3 Å². The fourth-order valence-electron chi connectivity index (χ4n) is 2.56. The Hall–Kier alpha value is -1.59. The minimum atomic E-state index is -0.0594. The number of hydrogen-bond donors (Lipinski definition) is 3. The molecular weight excluding hydrogens is 278 g/mol. The van der Waals surface area contributed by atoms with Crippen LogP contribution in [0.4, 0.5) is 0 Å². The Morgan fingerprint density at radius 1 is 1.25 bits per heavy atom. The van der Waals surface area contributed by atoms with Crippen LogP contribution in [0.15, 0.2) is 18.2 Å². The van der Waals surface area contributed by atoms with Crippen molar-refractivity contribution >= 4 is 24.2 Å². The van der Waals surface area contributed by atoms with E-state index in [4.69, 9.17) is 0 Å². The van der Waals surface area contributed by atoms with E-state index in [1.165, 1.54) is 11.1 Å².